The summed E-state index contributed by atoms with van der Waals surface area (Å²) in [4.78, 5) is 26.6. The van der Waals surface area contributed by atoms with E-state index in [9.17, 15) is 18.0 Å². The highest BCUT2D eigenvalue weighted by Crippen LogP contribution is 2.55. The molecular weight excluding hydrogens is 540 g/mol. The Kier molecular flexibility index (Phi) is 6.96. The number of hydrogen-bond donors (Lipinski definition) is 1. The van der Waals surface area contributed by atoms with Gasteiger partial charge in [0, 0.05) is 23.5 Å². The minimum absolute atomic E-state index is 0.129. The van der Waals surface area contributed by atoms with E-state index in [1.165, 1.54) is 31.7 Å². The second-order valence-electron chi connectivity index (χ2n) is 11.4. The van der Waals surface area contributed by atoms with Gasteiger partial charge < -0.3 is 14.0 Å². The summed E-state index contributed by atoms with van der Waals surface area (Å²) in [6.45, 7) is 7.32. The lowest BCUT2D eigenvalue weighted by molar-refractivity contribution is -0.148. The molecule has 1 aromatic carbocycles. The molecule has 216 valence electrons. The highest BCUT2D eigenvalue weighted by Gasteiger charge is 2.47. The first kappa shape index (κ1) is 27.6. The van der Waals surface area contributed by atoms with Gasteiger partial charge in [0.05, 0.1) is 35.6 Å². The van der Waals surface area contributed by atoms with Crippen molar-refractivity contribution < 1.29 is 27.5 Å². The zero-order valence-corrected chi connectivity index (χ0v) is 24.6. The van der Waals surface area contributed by atoms with Crippen LogP contribution in [0.25, 0.3) is 10.9 Å². The maximum Gasteiger partial charge on any atom is 0.310 e. The number of carbonyl (C=O) groups excluding carboxylic acids is 2. The number of rotatable bonds is 7. The number of carbonyl (C=O) groups is 2. The summed E-state index contributed by atoms with van der Waals surface area (Å²) in [5.41, 5.74) is 6.07. The summed E-state index contributed by atoms with van der Waals surface area (Å²) in [7, 11) is -2.33. The van der Waals surface area contributed by atoms with Crippen LogP contribution in [0.5, 0.6) is 5.75 Å². The van der Waals surface area contributed by atoms with Crippen molar-refractivity contribution in [1.29, 1.82) is 0 Å². The predicted molar refractivity (Wildman–Crippen MR) is 157 cm³/mol. The molecule has 6 rings (SSSR count). The minimum atomic E-state index is -4.00. The minimum Gasteiger partial charge on any atom is -0.496 e. The van der Waals surface area contributed by atoms with Crippen molar-refractivity contribution >= 4 is 32.8 Å². The van der Waals surface area contributed by atoms with Gasteiger partial charge in [-0.05, 0) is 73.4 Å². The summed E-state index contributed by atoms with van der Waals surface area (Å²) in [5.74, 6) is -0.601. The third kappa shape index (κ3) is 4.54. The van der Waals surface area contributed by atoms with Crippen LogP contribution >= 0.6 is 0 Å². The molecule has 2 aromatic rings. The highest BCUT2D eigenvalue weighted by molar-refractivity contribution is 7.93. The summed E-state index contributed by atoms with van der Waals surface area (Å²) in [5, 5.41) is 0.989. The van der Waals surface area contributed by atoms with Crippen LogP contribution in [0, 0.1) is 5.92 Å². The first-order valence-electron chi connectivity index (χ1n) is 14.4. The van der Waals surface area contributed by atoms with Crippen molar-refractivity contribution in [1.82, 2.24) is 9.29 Å². The second kappa shape index (κ2) is 10.4. The van der Waals surface area contributed by atoms with Crippen LogP contribution in [-0.2, 0) is 30.9 Å². The van der Waals surface area contributed by atoms with Crippen molar-refractivity contribution in [2.75, 3.05) is 13.7 Å². The molecule has 0 unspecified atom stereocenters. The first-order chi connectivity index (χ1) is 19.7. The van der Waals surface area contributed by atoms with Crippen LogP contribution in [0.2, 0.25) is 0 Å². The molecule has 3 aliphatic carbocycles. The molecule has 0 bridgehead atoms. The maximum atomic E-state index is 13.4. The van der Waals surface area contributed by atoms with Gasteiger partial charge in [-0.3, -0.25) is 9.59 Å². The average Bonchev–Trinajstić information content (AvgIpc) is 3.59. The first-order valence-corrected chi connectivity index (χ1v) is 15.9. The number of amides is 1. The SMILES string of the molecule is C=C(C)S(=O)(=O)NC(=O)C1=C2Cn3c(cc4c(OC)ccc(C5CCCCC5)c43)[C@@H]3C(=C21)C=CC[C@H]3C(=O)OCC. The Morgan fingerprint density at radius 1 is 1.17 bits per heavy atom. The monoisotopic (exact) mass is 576 g/mol. The Morgan fingerprint density at radius 3 is 2.61 bits per heavy atom. The molecular formula is C32H36N2O6S. The van der Waals surface area contributed by atoms with Gasteiger partial charge >= 0.3 is 5.97 Å². The van der Waals surface area contributed by atoms with E-state index < -0.39 is 21.8 Å². The lowest BCUT2D eigenvalue weighted by Crippen LogP contribution is -2.31. The molecule has 8 nitrogen and oxygen atoms in total. The van der Waals surface area contributed by atoms with Gasteiger partial charge in [-0.25, -0.2) is 13.1 Å². The van der Waals surface area contributed by atoms with Crippen LogP contribution in [0.1, 0.15) is 75.5 Å². The predicted octanol–water partition coefficient (Wildman–Crippen LogP) is 5.52. The van der Waals surface area contributed by atoms with Crippen LogP contribution in [0.15, 0.2) is 64.1 Å². The van der Waals surface area contributed by atoms with E-state index in [4.69, 9.17) is 9.47 Å². The van der Waals surface area contributed by atoms with Crippen molar-refractivity contribution in [3.05, 3.63) is 75.4 Å². The van der Waals surface area contributed by atoms with Gasteiger partial charge in [-0.15, -0.1) is 0 Å². The molecule has 1 fully saturated rings. The molecule has 0 saturated heterocycles. The Bertz CT molecular complexity index is 1680. The molecule has 2 heterocycles. The van der Waals surface area contributed by atoms with Crippen LogP contribution in [0.4, 0.5) is 0 Å². The zero-order valence-electron chi connectivity index (χ0n) is 23.8. The number of hydrogen-bond acceptors (Lipinski definition) is 6. The van der Waals surface area contributed by atoms with Gasteiger partial charge in [-0.1, -0.05) is 44.1 Å². The van der Waals surface area contributed by atoms with Crippen molar-refractivity contribution in [3.63, 3.8) is 0 Å². The lowest BCUT2D eigenvalue weighted by atomic mass is 9.76. The van der Waals surface area contributed by atoms with Crippen LogP contribution in [0.3, 0.4) is 0 Å². The molecule has 1 amide bonds. The third-order valence-electron chi connectivity index (χ3n) is 8.99. The number of esters is 1. The molecule has 1 saturated carbocycles. The van der Waals surface area contributed by atoms with Crippen LogP contribution in [-0.4, -0.2) is 38.6 Å². The lowest BCUT2D eigenvalue weighted by Gasteiger charge is -2.30. The molecule has 1 N–H and O–H groups in total. The molecule has 4 aliphatic rings. The number of ether oxygens (including phenoxy) is 2. The Labute approximate surface area is 240 Å². The summed E-state index contributed by atoms with van der Waals surface area (Å²) in [6, 6.07) is 6.35. The van der Waals surface area contributed by atoms with Gasteiger partial charge in [0.15, 0.2) is 0 Å². The van der Waals surface area contributed by atoms with Crippen LogP contribution < -0.4 is 9.46 Å². The molecule has 2 atom stereocenters. The smallest absolute Gasteiger partial charge is 0.310 e. The molecule has 0 spiro atoms. The van der Waals surface area contributed by atoms with E-state index in [0.29, 0.717) is 24.5 Å². The van der Waals surface area contributed by atoms with Crippen molar-refractivity contribution in [3.8, 4) is 5.75 Å². The summed E-state index contributed by atoms with van der Waals surface area (Å²) >= 11 is 0. The number of nitrogens with one attached hydrogen (secondary N) is 1. The summed E-state index contributed by atoms with van der Waals surface area (Å²) in [6.07, 6.45) is 10.3. The molecule has 1 aliphatic heterocycles. The zero-order chi connectivity index (χ0) is 29.1. The van der Waals surface area contributed by atoms with E-state index in [0.717, 1.165) is 51.9 Å². The molecule has 9 heteroatoms. The number of sulfonamides is 1. The van der Waals surface area contributed by atoms with Crippen molar-refractivity contribution in [2.45, 2.75) is 70.8 Å². The Morgan fingerprint density at radius 2 is 1.93 bits per heavy atom. The fourth-order valence-corrected chi connectivity index (χ4v) is 7.53. The van der Waals surface area contributed by atoms with E-state index >= 15 is 0 Å². The standard InChI is InChI=1S/C32H36N2O6S/c1-5-40-32(36)22-13-9-12-21-27(22)25-16-23-26(39-4)15-14-20(19-10-7-6-8-11-19)30(23)34(25)17-24-28(21)29(24)31(35)33-41(37,38)18(2)3/h9,12,14-16,19,22,27H,2,5-8,10-11,13,17H2,1,3-4H3,(H,33,35)/t22-,27-/m1/s1. The molecule has 1 aromatic heterocycles. The van der Waals surface area contributed by atoms with Gasteiger partial charge in [0.2, 0.25) is 0 Å². The number of nitrogens with zero attached hydrogens (tertiary/aromatic N) is 1. The number of allylic oxidation sites excluding steroid dienone is 5. The summed E-state index contributed by atoms with van der Waals surface area (Å²) < 4.78 is 40.8. The maximum absolute atomic E-state index is 13.4. The fraction of sp³-hybridized carbons (Fsp3) is 0.438. The van der Waals surface area contributed by atoms with Gasteiger partial charge in [-0.2, -0.15) is 0 Å². The Balaban J connectivity index is 1.57. The van der Waals surface area contributed by atoms with E-state index in [-0.39, 0.29) is 23.4 Å². The Hall–Kier alpha value is -3.59. The normalized spacial score (nSPS) is 22.0. The highest BCUT2D eigenvalue weighted by atomic mass is 32.2. The van der Waals surface area contributed by atoms with Gasteiger partial charge in [0.1, 0.15) is 5.75 Å². The quantitative estimate of drug-likeness (QED) is 0.436. The second-order valence-corrected chi connectivity index (χ2v) is 13.3. The number of fused-ring (bicyclic) bond motifs is 6. The number of aromatic nitrogens is 1. The van der Waals surface area contributed by atoms with Crippen molar-refractivity contribution in [2.24, 2.45) is 5.92 Å². The number of benzene rings is 1. The van der Waals surface area contributed by atoms with E-state index in [1.807, 2.05) is 18.2 Å². The average molecular weight is 577 g/mol. The number of methoxy groups -OCH3 is 1. The molecule has 0 radical (unpaired) electrons. The molecule has 41 heavy (non-hydrogen) atoms. The largest absolute Gasteiger partial charge is 0.496 e. The van der Waals surface area contributed by atoms with Gasteiger partial charge in [0.25, 0.3) is 15.9 Å². The fourth-order valence-electron chi connectivity index (χ4n) is 7.01. The third-order valence-corrected chi connectivity index (χ3v) is 10.4. The topological polar surface area (TPSA) is 104 Å². The van der Waals surface area contributed by atoms with E-state index in [2.05, 4.69) is 28.0 Å². The van der Waals surface area contributed by atoms with E-state index in [1.54, 1.807) is 14.0 Å².